The van der Waals surface area contributed by atoms with E-state index in [1.165, 1.54) is 23.6 Å². The van der Waals surface area contributed by atoms with E-state index in [9.17, 15) is 9.59 Å². The van der Waals surface area contributed by atoms with Crippen molar-refractivity contribution >= 4 is 50.7 Å². The van der Waals surface area contributed by atoms with Crippen LogP contribution < -0.4 is 10.6 Å². The summed E-state index contributed by atoms with van der Waals surface area (Å²) in [7, 11) is 0. The maximum Gasteiger partial charge on any atom is 0.233 e. The molecular formula is C30H38N4O2S2. The zero-order valence-corrected chi connectivity index (χ0v) is 24.8. The van der Waals surface area contributed by atoms with Crippen LogP contribution in [0, 0.1) is 13.8 Å². The van der Waals surface area contributed by atoms with Gasteiger partial charge in [0, 0.05) is 41.7 Å². The van der Waals surface area contributed by atoms with Gasteiger partial charge in [-0.25, -0.2) is 0 Å². The molecule has 3 N–H and O–H groups in total. The normalized spacial score (nSPS) is 19.7. The molecule has 0 radical (unpaired) electrons. The summed E-state index contributed by atoms with van der Waals surface area (Å²) < 4.78 is 0. The predicted molar refractivity (Wildman–Crippen MR) is 160 cm³/mol. The average Bonchev–Trinajstić information content (AvgIpc) is 3.60. The lowest BCUT2D eigenvalue weighted by molar-refractivity contribution is -0.137. The van der Waals surface area contributed by atoms with Gasteiger partial charge in [0.05, 0.1) is 11.1 Å². The molecule has 6 nitrogen and oxygen atoms in total. The van der Waals surface area contributed by atoms with E-state index < -0.39 is 5.41 Å². The minimum atomic E-state index is -0.582. The fourth-order valence-electron chi connectivity index (χ4n) is 6.39. The number of thiophene rings is 1. The van der Waals surface area contributed by atoms with Crippen molar-refractivity contribution in [2.24, 2.45) is 0 Å². The second-order valence-electron chi connectivity index (χ2n) is 11.7. The number of thiocarbonyl (C=S) groups is 1. The molecule has 2 aliphatic heterocycles. The summed E-state index contributed by atoms with van der Waals surface area (Å²) in [4.78, 5) is 33.4. The van der Waals surface area contributed by atoms with E-state index in [4.69, 9.17) is 12.2 Å². The van der Waals surface area contributed by atoms with Crippen LogP contribution in [0.3, 0.4) is 0 Å². The average molecular weight is 551 g/mol. The fraction of sp³-hybridized carbons (Fsp3) is 0.500. The van der Waals surface area contributed by atoms with Crippen molar-refractivity contribution in [1.29, 1.82) is 0 Å². The number of rotatable bonds is 6. The molecule has 0 spiro atoms. The minimum Gasteiger partial charge on any atom is -0.362 e. The highest BCUT2D eigenvalue weighted by Gasteiger charge is 2.47. The Morgan fingerprint density at radius 2 is 1.71 bits per heavy atom. The van der Waals surface area contributed by atoms with E-state index in [2.05, 4.69) is 79.4 Å². The highest BCUT2D eigenvalue weighted by Crippen LogP contribution is 2.45. The molecule has 2 bridgehead atoms. The minimum absolute atomic E-state index is 0.0990. The van der Waals surface area contributed by atoms with Crippen molar-refractivity contribution in [2.45, 2.75) is 90.6 Å². The second-order valence-corrected chi connectivity index (χ2v) is 13.2. The number of nitrogens with one attached hydrogen (secondary N) is 3. The molecular weight excluding hydrogens is 512 g/mol. The lowest BCUT2D eigenvalue weighted by atomic mass is 9.88. The lowest BCUT2D eigenvalue weighted by Gasteiger charge is -2.31. The van der Waals surface area contributed by atoms with Gasteiger partial charge in [0.15, 0.2) is 5.11 Å². The van der Waals surface area contributed by atoms with Crippen LogP contribution >= 0.6 is 23.6 Å². The fourth-order valence-corrected chi connectivity index (χ4v) is 7.79. The Bertz CT molecular complexity index is 1380. The number of amides is 2. The monoisotopic (exact) mass is 550 g/mol. The van der Waals surface area contributed by atoms with Crippen LogP contribution in [0.4, 0.5) is 0 Å². The first kappa shape index (κ1) is 26.9. The number of hydrogen-bond donors (Lipinski definition) is 3. The van der Waals surface area contributed by atoms with E-state index in [0.717, 1.165) is 52.0 Å². The number of aromatic amines is 1. The molecule has 2 saturated heterocycles. The molecule has 1 aromatic carbocycles. The molecule has 202 valence electrons. The van der Waals surface area contributed by atoms with Gasteiger partial charge in [-0.1, -0.05) is 24.1 Å². The number of carbonyl (C=O) groups excluding carboxylic acids is 2. The summed E-state index contributed by atoms with van der Waals surface area (Å²) in [6.07, 6.45) is 4.58. The summed E-state index contributed by atoms with van der Waals surface area (Å²) in [5.74, 6) is 0.177. The second kappa shape index (κ2) is 10.1. The molecule has 1 atom stereocenters. The van der Waals surface area contributed by atoms with Crippen molar-refractivity contribution in [3.05, 3.63) is 45.8 Å². The van der Waals surface area contributed by atoms with Crippen LogP contribution in [0.1, 0.15) is 80.9 Å². The van der Waals surface area contributed by atoms with E-state index in [1.54, 1.807) is 11.3 Å². The first-order valence-electron chi connectivity index (χ1n) is 13.6. The third-order valence-electron chi connectivity index (χ3n) is 8.23. The van der Waals surface area contributed by atoms with Crippen LogP contribution in [0.15, 0.2) is 24.3 Å². The molecule has 5 rings (SSSR count). The maximum atomic E-state index is 13.8. The molecule has 8 heteroatoms. The topological polar surface area (TPSA) is 77.2 Å². The summed E-state index contributed by atoms with van der Waals surface area (Å²) in [6.45, 7) is 12.6. The highest BCUT2D eigenvalue weighted by atomic mass is 32.1. The Hall–Kier alpha value is -2.71. The summed E-state index contributed by atoms with van der Waals surface area (Å²) in [5.41, 5.74) is 5.31. The number of nitrogens with zero attached hydrogens (tertiary/aromatic N) is 1. The number of carbonyl (C=O) groups is 2. The van der Waals surface area contributed by atoms with E-state index in [1.807, 2.05) is 0 Å². The molecule has 3 aromatic rings. The largest absolute Gasteiger partial charge is 0.362 e. The third kappa shape index (κ3) is 4.89. The van der Waals surface area contributed by atoms with Gasteiger partial charge < -0.3 is 20.5 Å². The lowest BCUT2D eigenvalue weighted by Crippen LogP contribution is -2.45. The van der Waals surface area contributed by atoms with Crippen LogP contribution in [0.2, 0.25) is 0 Å². The number of benzene rings is 1. The third-order valence-corrected chi connectivity index (χ3v) is 9.85. The Morgan fingerprint density at radius 3 is 2.29 bits per heavy atom. The van der Waals surface area contributed by atoms with Gasteiger partial charge in [0.25, 0.3) is 0 Å². The van der Waals surface area contributed by atoms with Gasteiger partial charge in [-0.3, -0.25) is 9.59 Å². The molecule has 4 heterocycles. The van der Waals surface area contributed by atoms with Gasteiger partial charge >= 0.3 is 0 Å². The Labute approximate surface area is 234 Å². The highest BCUT2D eigenvalue weighted by molar-refractivity contribution is 7.80. The number of fused-ring (bicyclic) bond motifs is 3. The maximum absolute atomic E-state index is 13.8. The number of H-pyrrole nitrogens is 1. The first-order chi connectivity index (χ1) is 18.0. The molecule has 2 fully saturated rings. The van der Waals surface area contributed by atoms with Crippen molar-refractivity contribution in [1.82, 2.24) is 20.5 Å². The Balaban J connectivity index is 1.53. The van der Waals surface area contributed by atoms with E-state index >= 15 is 0 Å². The molecule has 2 aromatic heterocycles. The summed E-state index contributed by atoms with van der Waals surface area (Å²) in [5, 5.41) is 7.35. The number of aryl methyl sites for hydroxylation is 2. The standard InChI is InChI=1S/C30H38N4O2S2/c1-16-11-17(2)13-20(12-16)26-25(18(3)15-31-29(37)32-19(4)35)23-14-24(38-27(23)33-26)30(5,6)28(36)34-21-7-8-22(34)10-9-21/h11-14,18,21-22,33H,7-10,15H2,1-6H3,(H2,31,32,35,37)/t18-,21?,22?/m1/s1. The zero-order valence-electron chi connectivity index (χ0n) is 23.2. The molecule has 2 amide bonds. The number of aromatic nitrogens is 1. The first-order valence-corrected chi connectivity index (χ1v) is 14.8. The van der Waals surface area contributed by atoms with Crippen LogP contribution in [0.5, 0.6) is 0 Å². The number of hydrogen-bond acceptors (Lipinski definition) is 4. The molecule has 38 heavy (non-hydrogen) atoms. The molecule has 0 saturated carbocycles. The van der Waals surface area contributed by atoms with E-state index in [-0.39, 0.29) is 17.7 Å². The SMILES string of the molecule is CC(=O)NC(=S)NC[C@@H](C)c1c(-c2cc(C)cc(C)c2)[nH]c2sc(C(C)(C)C(=O)N3C4CCC3CC4)cc12. The van der Waals surface area contributed by atoms with Crippen molar-refractivity contribution < 1.29 is 9.59 Å². The zero-order chi connectivity index (χ0) is 27.4. The van der Waals surface area contributed by atoms with E-state index in [0.29, 0.717) is 23.7 Å². The summed E-state index contributed by atoms with van der Waals surface area (Å²) >= 11 is 7.00. The molecule has 2 aliphatic rings. The van der Waals surface area contributed by atoms with Gasteiger partial charge in [-0.15, -0.1) is 11.3 Å². The molecule has 0 aliphatic carbocycles. The van der Waals surface area contributed by atoms with Crippen LogP contribution in [0.25, 0.3) is 21.5 Å². The van der Waals surface area contributed by atoms with Gasteiger partial charge in [0.1, 0.15) is 4.83 Å². The van der Waals surface area contributed by atoms with Gasteiger partial charge in [0.2, 0.25) is 11.8 Å². The van der Waals surface area contributed by atoms with Gasteiger partial charge in [-0.2, -0.15) is 0 Å². The van der Waals surface area contributed by atoms with Gasteiger partial charge in [-0.05, 0) is 94.9 Å². The van der Waals surface area contributed by atoms with Crippen LogP contribution in [-0.4, -0.2) is 45.4 Å². The van der Waals surface area contributed by atoms with Crippen molar-refractivity contribution in [2.75, 3.05) is 6.54 Å². The quantitative estimate of drug-likeness (QED) is 0.326. The molecule has 0 unspecified atom stereocenters. The van der Waals surface area contributed by atoms with Crippen molar-refractivity contribution in [3.8, 4) is 11.3 Å². The Kier molecular flexibility index (Phi) is 7.16. The predicted octanol–water partition coefficient (Wildman–Crippen LogP) is 6.06. The Morgan fingerprint density at radius 1 is 1.11 bits per heavy atom. The van der Waals surface area contributed by atoms with Crippen LogP contribution in [-0.2, 0) is 15.0 Å². The summed E-state index contributed by atoms with van der Waals surface area (Å²) in [6, 6.07) is 9.68. The smallest absolute Gasteiger partial charge is 0.233 e. The van der Waals surface area contributed by atoms with Crippen molar-refractivity contribution in [3.63, 3.8) is 0 Å².